The number of carbonyl (C=O) groups is 1. The van der Waals surface area contributed by atoms with E-state index in [9.17, 15) is 9.18 Å². The van der Waals surface area contributed by atoms with E-state index >= 15 is 0 Å². The van der Waals surface area contributed by atoms with E-state index in [0.29, 0.717) is 11.5 Å². The van der Waals surface area contributed by atoms with Gasteiger partial charge in [-0.3, -0.25) is 4.79 Å². The molecule has 3 rings (SSSR count). The first-order valence-corrected chi connectivity index (χ1v) is 6.82. The number of amides is 1. The Labute approximate surface area is 112 Å². The molecule has 1 N–H and O–H groups in total. The van der Waals surface area contributed by atoms with Gasteiger partial charge in [-0.2, -0.15) is 0 Å². The van der Waals surface area contributed by atoms with Crippen molar-refractivity contribution in [3.8, 4) is 5.75 Å². The fourth-order valence-electron chi connectivity index (χ4n) is 3.48. The van der Waals surface area contributed by atoms with Crippen LogP contribution in [0.3, 0.4) is 0 Å². The van der Waals surface area contributed by atoms with Gasteiger partial charge in [0.1, 0.15) is 0 Å². The van der Waals surface area contributed by atoms with Crippen LogP contribution in [0.5, 0.6) is 5.75 Å². The van der Waals surface area contributed by atoms with Gasteiger partial charge in [0.05, 0.1) is 7.11 Å². The first-order valence-electron chi connectivity index (χ1n) is 6.82. The Bertz CT molecular complexity index is 503. The van der Waals surface area contributed by atoms with Crippen molar-refractivity contribution < 1.29 is 13.9 Å². The van der Waals surface area contributed by atoms with Gasteiger partial charge >= 0.3 is 0 Å². The fourth-order valence-corrected chi connectivity index (χ4v) is 3.48. The lowest BCUT2D eigenvalue weighted by molar-refractivity contribution is 0.0922. The maximum atomic E-state index is 13.6. The zero-order chi connectivity index (χ0) is 13.4. The van der Waals surface area contributed by atoms with Crippen molar-refractivity contribution in [2.24, 2.45) is 11.8 Å². The van der Waals surface area contributed by atoms with Gasteiger partial charge in [-0.1, -0.05) is 6.42 Å². The monoisotopic (exact) mass is 263 g/mol. The second kappa shape index (κ2) is 4.83. The van der Waals surface area contributed by atoms with E-state index in [0.717, 1.165) is 12.3 Å². The third-order valence-corrected chi connectivity index (χ3v) is 4.47. The average molecular weight is 263 g/mol. The van der Waals surface area contributed by atoms with Gasteiger partial charge in [0.2, 0.25) is 0 Å². The number of halogens is 1. The highest BCUT2D eigenvalue weighted by Gasteiger charge is 2.40. The number of carbonyl (C=O) groups excluding carboxylic acids is 1. The van der Waals surface area contributed by atoms with Gasteiger partial charge in [-0.05, 0) is 49.3 Å². The molecular weight excluding hydrogens is 245 g/mol. The van der Waals surface area contributed by atoms with Crippen LogP contribution in [0.2, 0.25) is 0 Å². The molecular formula is C15H18FNO2. The predicted molar refractivity (Wildman–Crippen MR) is 69.7 cm³/mol. The summed E-state index contributed by atoms with van der Waals surface area (Å²) in [7, 11) is 1.41. The zero-order valence-corrected chi connectivity index (χ0v) is 11.0. The number of benzene rings is 1. The van der Waals surface area contributed by atoms with Crippen LogP contribution in [0.4, 0.5) is 4.39 Å². The Hall–Kier alpha value is -1.58. The van der Waals surface area contributed by atoms with Crippen molar-refractivity contribution in [3.63, 3.8) is 0 Å². The molecule has 0 unspecified atom stereocenters. The quantitative estimate of drug-likeness (QED) is 0.910. The lowest BCUT2D eigenvalue weighted by atomic mass is 9.95. The second-order valence-electron chi connectivity index (χ2n) is 5.60. The first kappa shape index (κ1) is 12.5. The Balaban J connectivity index is 1.69. The Morgan fingerprint density at radius 1 is 1.37 bits per heavy atom. The summed E-state index contributed by atoms with van der Waals surface area (Å²) in [5.74, 6) is 0.888. The number of methoxy groups -OCH3 is 1. The summed E-state index contributed by atoms with van der Waals surface area (Å²) in [4.78, 5) is 12.1. The van der Waals surface area contributed by atoms with E-state index in [4.69, 9.17) is 4.74 Å². The van der Waals surface area contributed by atoms with E-state index in [1.807, 2.05) is 0 Å². The molecule has 0 aliphatic heterocycles. The van der Waals surface area contributed by atoms with Gasteiger partial charge in [0, 0.05) is 11.6 Å². The Morgan fingerprint density at radius 2 is 2.21 bits per heavy atom. The smallest absolute Gasteiger partial charge is 0.251 e. The summed E-state index contributed by atoms with van der Waals surface area (Å²) < 4.78 is 18.4. The lowest BCUT2D eigenvalue weighted by Gasteiger charge is -2.22. The molecule has 4 heteroatoms. The van der Waals surface area contributed by atoms with Crippen molar-refractivity contribution in [1.29, 1.82) is 0 Å². The Kier molecular flexibility index (Phi) is 3.17. The molecule has 0 heterocycles. The molecule has 1 aromatic rings. The van der Waals surface area contributed by atoms with Crippen molar-refractivity contribution in [2.45, 2.75) is 31.7 Å². The molecule has 2 bridgehead atoms. The van der Waals surface area contributed by atoms with Gasteiger partial charge in [0.15, 0.2) is 11.6 Å². The number of fused-ring (bicyclic) bond motifs is 2. The van der Waals surface area contributed by atoms with Crippen LogP contribution >= 0.6 is 0 Å². The van der Waals surface area contributed by atoms with Crippen molar-refractivity contribution in [1.82, 2.24) is 5.32 Å². The molecule has 1 aromatic carbocycles. The van der Waals surface area contributed by atoms with E-state index in [1.165, 1.54) is 38.5 Å². The molecule has 1 amide bonds. The largest absolute Gasteiger partial charge is 0.494 e. The van der Waals surface area contributed by atoms with Crippen LogP contribution in [0.15, 0.2) is 18.2 Å². The number of rotatable bonds is 3. The molecule has 0 aromatic heterocycles. The molecule has 3 nitrogen and oxygen atoms in total. The molecule has 2 saturated carbocycles. The maximum Gasteiger partial charge on any atom is 0.251 e. The van der Waals surface area contributed by atoms with Crippen molar-refractivity contribution in [2.75, 3.05) is 7.11 Å². The average Bonchev–Trinajstić information content (AvgIpc) is 3.00. The minimum atomic E-state index is -0.497. The standard InChI is InChI=1S/C15H18FNO2/c1-19-14-5-4-11(8-12(14)16)15(18)17-13-7-9-2-3-10(13)6-9/h4-5,8-10,13H,2-3,6-7H2,1H3,(H,17,18)/t9-,10+,13-/m0/s1. The molecule has 3 atom stereocenters. The van der Waals surface area contributed by atoms with Crippen LogP contribution < -0.4 is 10.1 Å². The molecule has 0 spiro atoms. The summed E-state index contributed by atoms with van der Waals surface area (Å²) in [6.07, 6.45) is 4.83. The highest BCUT2D eigenvalue weighted by atomic mass is 19.1. The summed E-state index contributed by atoms with van der Waals surface area (Å²) in [5.41, 5.74) is 0.362. The highest BCUT2D eigenvalue weighted by molar-refractivity contribution is 5.94. The Morgan fingerprint density at radius 3 is 2.79 bits per heavy atom. The molecule has 0 saturated heterocycles. The number of hydrogen-bond donors (Lipinski definition) is 1. The SMILES string of the molecule is COc1ccc(C(=O)N[C@H]2C[C@H]3CC[C@@H]2C3)cc1F. The van der Waals surface area contributed by atoms with E-state index in [2.05, 4.69) is 5.32 Å². The van der Waals surface area contributed by atoms with Crippen LogP contribution in [0.25, 0.3) is 0 Å². The number of hydrogen-bond acceptors (Lipinski definition) is 2. The maximum absolute atomic E-state index is 13.6. The van der Waals surface area contributed by atoms with E-state index in [1.54, 1.807) is 6.07 Å². The molecule has 0 radical (unpaired) electrons. The van der Waals surface area contributed by atoms with Gasteiger partial charge in [0.25, 0.3) is 5.91 Å². The zero-order valence-electron chi connectivity index (χ0n) is 11.0. The van der Waals surface area contributed by atoms with E-state index < -0.39 is 5.82 Å². The van der Waals surface area contributed by atoms with Gasteiger partial charge < -0.3 is 10.1 Å². The fraction of sp³-hybridized carbons (Fsp3) is 0.533. The topological polar surface area (TPSA) is 38.3 Å². The predicted octanol–water partition coefficient (Wildman–Crippen LogP) is 2.75. The lowest BCUT2D eigenvalue weighted by Crippen LogP contribution is -2.38. The van der Waals surface area contributed by atoms with Crippen molar-refractivity contribution in [3.05, 3.63) is 29.6 Å². The minimum absolute atomic E-state index is 0.163. The summed E-state index contributed by atoms with van der Waals surface area (Å²) >= 11 is 0. The molecule has 2 aliphatic carbocycles. The second-order valence-corrected chi connectivity index (χ2v) is 5.60. The van der Waals surface area contributed by atoms with Crippen LogP contribution in [-0.4, -0.2) is 19.1 Å². The normalized spacial score (nSPS) is 28.4. The van der Waals surface area contributed by atoms with Crippen LogP contribution in [-0.2, 0) is 0 Å². The number of ether oxygens (including phenoxy) is 1. The van der Waals surface area contributed by atoms with Crippen LogP contribution in [0.1, 0.15) is 36.0 Å². The molecule has 102 valence electrons. The van der Waals surface area contributed by atoms with Crippen LogP contribution in [0, 0.1) is 17.7 Å². The summed E-state index contributed by atoms with van der Waals surface area (Å²) in [6.45, 7) is 0. The summed E-state index contributed by atoms with van der Waals surface area (Å²) in [5, 5.41) is 3.04. The number of nitrogens with one attached hydrogen (secondary N) is 1. The third kappa shape index (κ3) is 2.31. The minimum Gasteiger partial charge on any atom is -0.494 e. The molecule has 2 fully saturated rings. The van der Waals surface area contributed by atoms with Gasteiger partial charge in [-0.15, -0.1) is 0 Å². The summed E-state index contributed by atoms with van der Waals surface area (Å²) in [6, 6.07) is 4.60. The van der Waals surface area contributed by atoms with Gasteiger partial charge in [-0.25, -0.2) is 4.39 Å². The first-order chi connectivity index (χ1) is 9.17. The highest BCUT2D eigenvalue weighted by Crippen LogP contribution is 2.44. The molecule has 19 heavy (non-hydrogen) atoms. The third-order valence-electron chi connectivity index (χ3n) is 4.47. The van der Waals surface area contributed by atoms with Crippen molar-refractivity contribution >= 4 is 5.91 Å². The molecule has 2 aliphatic rings. The van der Waals surface area contributed by atoms with E-state index in [-0.39, 0.29) is 17.7 Å².